The highest BCUT2D eigenvalue weighted by molar-refractivity contribution is 6.40. The number of imidazole rings is 1. The van der Waals surface area contributed by atoms with Crippen LogP contribution in [0.4, 0.5) is 4.39 Å². The predicted octanol–water partition coefficient (Wildman–Crippen LogP) is 5.21. The maximum Gasteiger partial charge on any atom is 0.211 e. The molecule has 120 valence electrons. The van der Waals surface area contributed by atoms with Crippen LogP contribution in [0.2, 0.25) is 10.0 Å². The maximum atomic E-state index is 13.1. The quantitative estimate of drug-likeness (QED) is 0.472. The fourth-order valence-corrected chi connectivity index (χ4v) is 2.68. The summed E-state index contributed by atoms with van der Waals surface area (Å²) < 4.78 is 14.7. The first-order valence-corrected chi connectivity index (χ1v) is 7.75. The summed E-state index contributed by atoms with van der Waals surface area (Å²) in [4.78, 5) is 16.9. The van der Waals surface area contributed by atoms with Crippen LogP contribution in [0.15, 0.2) is 61.2 Å². The molecule has 0 radical (unpaired) electrons. The fourth-order valence-electron chi connectivity index (χ4n) is 2.19. The molecule has 0 N–H and O–H groups in total. The van der Waals surface area contributed by atoms with Gasteiger partial charge in [-0.05, 0) is 42.0 Å². The number of halogens is 3. The van der Waals surface area contributed by atoms with Gasteiger partial charge in [-0.15, -0.1) is 0 Å². The van der Waals surface area contributed by atoms with Gasteiger partial charge in [0, 0.05) is 23.0 Å². The number of hydrogen-bond donors (Lipinski definition) is 0. The molecule has 0 aliphatic heterocycles. The molecular formula is C18H11Cl2FN2O. The number of hydrogen-bond acceptors (Lipinski definition) is 2. The van der Waals surface area contributed by atoms with Gasteiger partial charge in [0.05, 0.1) is 17.0 Å². The Morgan fingerprint density at radius 1 is 1.12 bits per heavy atom. The van der Waals surface area contributed by atoms with Crippen molar-refractivity contribution in [2.24, 2.45) is 0 Å². The molecule has 3 rings (SSSR count). The van der Waals surface area contributed by atoms with Gasteiger partial charge in [-0.3, -0.25) is 4.79 Å². The number of allylic oxidation sites excluding steroid dienone is 1. The van der Waals surface area contributed by atoms with Gasteiger partial charge in [-0.1, -0.05) is 35.3 Å². The lowest BCUT2D eigenvalue weighted by molar-refractivity contribution is 0.105. The zero-order valence-electron chi connectivity index (χ0n) is 12.3. The maximum absolute atomic E-state index is 13.1. The number of benzene rings is 2. The van der Waals surface area contributed by atoms with E-state index in [4.69, 9.17) is 23.2 Å². The van der Waals surface area contributed by atoms with Crippen LogP contribution in [0.1, 0.15) is 15.9 Å². The molecule has 3 nitrogen and oxygen atoms in total. The van der Waals surface area contributed by atoms with Gasteiger partial charge in [0.15, 0.2) is 0 Å². The Labute approximate surface area is 148 Å². The Bertz CT molecular complexity index is 903. The van der Waals surface area contributed by atoms with Crippen molar-refractivity contribution in [3.05, 3.63) is 88.2 Å². The van der Waals surface area contributed by atoms with E-state index >= 15 is 0 Å². The summed E-state index contributed by atoms with van der Waals surface area (Å²) in [5.41, 5.74) is 1.34. The Morgan fingerprint density at radius 3 is 2.50 bits per heavy atom. The third-order valence-corrected chi connectivity index (χ3v) is 3.91. The van der Waals surface area contributed by atoms with E-state index in [1.807, 2.05) is 0 Å². The molecule has 1 aromatic heterocycles. The average molecular weight is 361 g/mol. The Kier molecular flexibility index (Phi) is 4.79. The van der Waals surface area contributed by atoms with E-state index in [-0.39, 0.29) is 16.6 Å². The van der Waals surface area contributed by atoms with Crippen LogP contribution in [0.3, 0.4) is 0 Å². The van der Waals surface area contributed by atoms with Gasteiger partial charge in [-0.25, -0.2) is 9.37 Å². The minimum atomic E-state index is -0.344. The zero-order valence-corrected chi connectivity index (χ0v) is 13.8. The van der Waals surface area contributed by atoms with Gasteiger partial charge >= 0.3 is 0 Å². The molecular weight excluding hydrogens is 350 g/mol. The first-order chi connectivity index (χ1) is 11.5. The number of ketones is 1. The number of carbonyl (C=O) groups excluding carboxylic acids is 1. The lowest BCUT2D eigenvalue weighted by Gasteiger charge is -2.10. The van der Waals surface area contributed by atoms with Gasteiger partial charge in [0.2, 0.25) is 5.78 Å². The molecule has 0 saturated heterocycles. The van der Waals surface area contributed by atoms with E-state index in [0.29, 0.717) is 21.8 Å². The van der Waals surface area contributed by atoms with Gasteiger partial charge in [0.25, 0.3) is 0 Å². The van der Waals surface area contributed by atoms with Crippen molar-refractivity contribution in [3.8, 4) is 0 Å². The second-order valence-corrected chi connectivity index (χ2v) is 5.85. The van der Waals surface area contributed by atoms with Crippen molar-refractivity contribution >= 4 is 40.8 Å². The predicted molar refractivity (Wildman–Crippen MR) is 93.6 cm³/mol. The molecule has 0 unspecified atom stereocenters. The SMILES string of the molecule is O=C(/C(=C\c1ccc(F)cc1)n1ccnc1)c1ccc(Cl)cc1Cl. The number of aromatic nitrogens is 2. The molecule has 0 fully saturated rings. The highest BCUT2D eigenvalue weighted by Crippen LogP contribution is 2.25. The molecule has 0 saturated carbocycles. The van der Waals surface area contributed by atoms with E-state index in [2.05, 4.69) is 4.98 Å². The molecule has 2 aromatic carbocycles. The van der Waals surface area contributed by atoms with Crippen LogP contribution in [-0.4, -0.2) is 15.3 Å². The second kappa shape index (κ2) is 6.99. The summed E-state index contributed by atoms with van der Waals surface area (Å²) in [6.45, 7) is 0. The van der Waals surface area contributed by atoms with Gasteiger partial charge < -0.3 is 4.57 Å². The summed E-state index contributed by atoms with van der Waals surface area (Å²) in [5, 5.41) is 0.709. The van der Waals surface area contributed by atoms with Gasteiger partial charge in [0.1, 0.15) is 5.82 Å². The van der Waals surface area contributed by atoms with Crippen LogP contribution in [0.25, 0.3) is 11.8 Å². The Hall–Kier alpha value is -2.43. The van der Waals surface area contributed by atoms with Crippen molar-refractivity contribution in [1.29, 1.82) is 0 Å². The van der Waals surface area contributed by atoms with E-state index in [1.54, 1.807) is 47.3 Å². The summed E-state index contributed by atoms with van der Waals surface area (Å²) in [5.74, 6) is -0.637. The summed E-state index contributed by atoms with van der Waals surface area (Å²) in [6, 6.07) is 10.5. The van der Waals surface area contributed by atoms with Crippen LogP contribution in [0.5, 0.6) is 0 Å². The largest absolute Gasteiger partial charge is 0.303 e. The molecule has 0 amide bonds. The molecule has 0 atom stereocenters. The summed E-state index contributed by atoms with van der Waals surface area (Å²) in [6.07, 6.45) is 6.37. The first kappa shape index (κ1) is 16.4. The average Bonchev–Trinajstić information content (AvgIpc) is 3.08. The van der Waals surface area contributed by atoms with Crippen molar-refractivity contribution in [1.82, 2.24) is 9.55 Å². The van der Waals surface area contributed by atoms with Crippen molar-refractivity contribution in [2.75, 3.05) is 0 Å². The molecule has 3 aromatic rings. The van der Waals surface area contributed by atoms with Crippen LogP contribution in [0, 0.1) is 5.82 Å². The number of Topliss-reactive ketones (excluding diaryl/α,β-unsaturated/α-hetero) is 1. The van der Waals surface area contributed by atoms with Crippen LogP contribution < -0.4 is 0 Å². The topological polar surface area (TPSA) is 34.9 Å². The standard InChI is InChI=1S/C18H11Cl2FN2O/c19-13-3-6-15(16(20)10-13)18(24)17(23-8-7-22-11-23)9-12-1-4-14(21)5-2-12/h1-11H/b17-9+. The van der Waals surface area contributed by atoms with Gasteiger partial charge in [-0.2, -0.15) is 0 Å². The highest BCUT2D eigenvalue weighted by Gasteiger charge is 2.17. The monoisotopic (exact) mass is 360 g/mol. The minimum absolute atomic E-state index is 0.262. The molecule has 1 heterocycles. The summed E-state index contributed by atoms with van der Waals surface area (Å²) in [7, 11) is 0. The summed E-state index contributed by atoms with van der Waals surface area (Å²) >= 11 is 12.0. The third-order valence-electron chi connectivity index (χ3n) is 3.36. The highest BCUT2D eigenvalue weighted by atomic mass is 35.5. The number of nitrogens with zero attached hydrogens (tertiary/aromatic N) is 2. The number of rotatable bonds is 4. The van der Waals surface area contributed by atoms with E-state index < -0.39 is 0 Å². The van der Waals surface area contributed by atoms with E-state index in [1.165, 1.54) is 24.5 Å². The van der Waals surface area contributed by atoms with E-state index in [9.17, 15) is 9.18 Å². The lowest BCUT2D eigenvalue weighted by atomic mass is 10.1. The minimum Gasteiger partial charge on any atom is -0.303 e. The number of carbonyl (C=O) groups is 1. The first-order valence-electron chi connectivity index (χ1n) is 7.00. The lowest BCUT2D eigenvalue weighted by Crippen LogP contribution is -2.08. The Balaban J connectivity index is 2.08. The molecule has 0 bridgehead atoms. The van der Waals surface area contributed by atoms with Crippen LogP contribution >= 0.6 is 23.2 Å². The molecule has 0 aliphatic rings. The Morgan fingerprint density at radius 2 is 1.88 bits per heavy atom. The van der Waals surface area contributed by atoms with Crippen molar-refractivity contribution in [3.63, 3.8) is 0 Å². The van der Waals surface area contributed by atoms with Crippen molar-refractivity contribution < 1.29 is 9.18 Å². The fraction of sp³-hybridized carbons (Fsp3) is 0. The van der Waals surface area contributed by atoms with Crippen LogP contribution in [-0.2, 0) is 0 Å². The molecule has 0 spiro atoms. The van der Waals surface area contributed by atoms with Crippen molar-refractivity contribution in [2.45, 2.75) is 0 Å². The molecule has 24 heavy (non-hydrogen) atoms. The smallest absolute Gasteiger partial charge is 0.211 e. The molecule has 0 aliphatic carbocycles. The third kappa shape index (κ3) is 3.55. The normalized spacial score (nSPS) is 11.5. The van der Waals surface area contributed by atoms with E-state index in [0.717, 1.165) is 0 Å². The molecule has 6 heteroatoms. The zero-order chi connectivity index (χ0) is 17.1. The second-order valence-electron chi connectivity index (χ2n) is 5.00.